The lowest BCUT2D eigenvalue weighted by atomic mass is 10.0. The van der Waals surface area contributed by atoms with Crippen molar-refractivity contribution in [2.24, 2.45) is 5.16 Å². The number of thioether (sulfide) groups is 2. The third-order valence-corrected chi connectivity index (χ3v) is 8.65. The van der Waals surface area contributed by atoms with Crippen molar-refractivity contribution < 1.29 is 39.3 Å². The molecule has 1 fully saturated rings. The second-order valence-corrected chi connectivity index (χ2v) is 11.0. The zero-order chi connectivity index (χ0) is 28.7. The lowest BCUT2D eigenvalue weighted by Gasteiger charge is -2.49. The first kappa shape index (κ1) is 27.1. The Kier molecular flexibility index (Phi) is 7.21. The SMILES string of the molecule is CON=C(C(=O)N[C@@H]1C(=O)N2C(C(=O)O)=C(CSc3nnc4nc(C(=O)O)cc(O)n34)CS[C@H]12)c1csc(N)n1. The summed E-state index contributed by atoms with van der Waals surface area (Å²) in [5.74, 6) is -4.42. The number of aliphatic carboxylic acids is 1. The first-order chi connectivity index (χ1) is 19.1. The van der Waals surface area contributed by atoms with E-state index in [1.807, 2.05) is 0 Å². The van der Waals surface area contributed by atoms with E-state index in [9.17, 15) is 29.4 Å². The summed E-state index contributed by atoms with van der Waals surface area (Å²) in [4.78, 5) is 62.9. The number of nitrogens with one attached hydrogen (secondary N) is 1. The zero-order valence-electron chi connectivity index (χ0n) is 20.0. The minimum Gasteiger partial charge on any atom is -0.494 e. The van der Waals surface area contributed by atoms with E-state index in [1.54, 1.807) is 0 Å². The van der Waals surface area contributed by atoms with Crippen LogP contribution < -0.4 is 11.1 Å². The van der Waals surface area contributed by atoms with E-state index >= 15 is 0 Å². The van der Waals surface area contributed by atoms with Crippen molar-refractivity contribution in [1.29, 1.82) is 0 Å². The monoisotopic (exact) mass is 607 g/mol. The number of oxime groups is 1. The van der Waals surface area contributed by atoms with Crippen LogP contribution in [0.3, 0.4) is 0 Å². The molecule has 0 bridgehead atoms. The van der Waals surface area contributed by atoms with Gasteiger partial charge in [0.05, 0.1) is 0 Å². The standard InChI is InChI=1S/C20H17N9O8S3/c1-37-27-10(8-5-39-18(21)22-8)13(31)24-11-14(32)29-12(17(35)36)6(3-38-15(11)29)4-40-20-26-25-19-23-7(16(33)34)2-9(30)28(19)20/h2,5,11,15,30H,3-4H2,1H3,(H2,21,22)(H,24,31)(H,33,34)(H,35,36)/t11-,15-/m1/s1. The smallest absolute Gasteiger partial charge is 0.354 e. The number of thiazole rings is 1. The lowest BCUT2D eigenvalue weighted by molar-refractivity contribution is -0.150. The van der Waals surface area contributed by atoms with Crippen LogP contribution in [-0.4, -0.2) is 104 Å². The Morgan fingerprint density at radius 1 is 1.25 bits per heavy atom. The Balaban J connectivity index is 1.33. The number of aromatic hydroxyl groups is 1. The molecule has 3 aromatic rings. The highest BCUT2D eigenvalue weighted by Crippen LogP contribution is 2.41. The van der Waals surface area contributed by atoms with Crippen LogP contribution in [0.2, 0.25) is 0 Å². The third-order valence-electron chi connectivity index (χ3n) is 5.62. The number of β-lactam (4-membered cyclic amide) rings is 1. The van der Waals surface area contributed by atoms with Gasteiger partial charge in [-0.3, -0.25) is 14.5 Å². The van der Waals surface area contributed by atoms with Crippen LogP contribution in [-0.2, 0) is 19.2 Å². The summed E-state index contributed by atoms with van der Waals surface area (Å²) in [6.45, 7) is 0. The number of carbonyl (C=O) groups excluding carboxylic acids is 2. The van der Waals surface area contributed by atoms with Crippen molar-refractivity contribution >= 4 is 75.2 Å². The Bertz CT molecular complexity index is 1630. The summed E-state index contributed by atoms with van der Waals surface area (Å²) in [5.41, 5.74) is 5.34. The van der Waals surface area contributed by atoms with Crippen molar-refractivity contribution in [3.63, 3.8) is 0 Å². The topological polar surface area (TPSA) is 248 Å². The van der Waals surface area contributed by atoms with E-state index in [2.05, 4.69) is 30.6 Å². The fraction of sp³-hybridized carbons (Fsp3) is 0.250. The van der Waals surface area contributed by atoms with E-state index in [1.165, 1.54) is 24.3 Å². The van der Waals surface area contributed by atoms with Gasteiger partial charge < -0.3 is 31.2 Å². The number of nitrogens with two attached hydrogens (primary N) is 1. The normalized spacial score (nSPS) is 18.9. The van der Waals surface area contributed by atoms with E-state index < -0.39 is 46.7 Å². The summed E-state index contributed by atoms with van der Waals surface area (Å²) < 4.78 is 1.12. The van der Waals surface area contributed by atoms with Gasteiger partial charge in [-0.2, -0.15) is 0 Å². The fourth-order valence-electron chi connectivity index (χ4n) is 3.91. The molecule has 17 nitrogen and oxygen atoms in total. The average Bonchev–Trinajstić information content (AvgIpc) is 3.54. The minimum atomic E-state index is -1.36. The average molecular weight is 608 g/mol. The largest absolute Gasteiger partial charge is 0.494 e. The van der Waals surface area contributed by atoms with Gasteiger partial charge in [-0.05, 0) is 5.57 Å². The Morgan fingerprint density at radius 2 is 2.02 bits per heavy atom. The molecule has 3 aromatic heterocycles. The molecule has 0 spiro atoms. The van der Waals surface area contributed by atoms with Crippen molar-refractivity contribution in [1.82, 2.24) is 34.8 Å². The number of hydrogen-bond acceptors (Lipinski definition) is 15. The fourth-order valence-corrected chi connectivity index (χ4v) is 6.88. The second kappa shape index (κ2) is 10.6. The quantitative estimate of drug-likeness (QED) is 0.0886. The lowest BCUT2D eigenvalue weighted by Crippen LogP contribution is -2.71. The highest BCUT2D eigenvalue weighted by molar-refractivity contribution is 8.01. The maximum Gasteiger partial charge on any atom is 0.354 e. The Labute approximate surface area is 235 Å². The second-order valence-electron chi connectivity index (χ2n) is 8.02. The molecule has 0 saturated carbocycles. The highest BCUT2D eigenvalue weighted by atomic mass is 32.2. The number of aromatic nitrogens is 5. The molecule has 2 aliphatic rings. The van der Waals surface area contributed by atoms with Gasteiger partial charge in [0, 0.05) is 23.0 Å². The van der Waals surface area contributed by atoms with Crippen molar-refractivity contribution in [2.75, 3.05) is 24.3 Å². The molecule has 0 radical (unpaired) electrons. The molecule has 20 heteroatoms. The predicted molar refractivity (Wildman–Crippen MR) is 140 cm³/mol. The van der Waals surface area contributed by atoms with Gasteiger partial charge in [0.2, 0.25) is 5.88 Å². The molecule has 2 atom stereocenters. The molecular formula is C20H17N9O8S3. The summed E-state index contributed by atoms with van der Waals surface area (Å²) in [5, 5.41) is 44.4. The summed E-state index contributed by atoms with van der Waals surface area (Å²) in [6, 6.07) is -0.0867. The molecular weight excluding hydrogens is 590 g/mol. The summed E-state index contributed by atoms with van der Waals surface area (Å²) >= 11 is 3.36. The van der Waals surface area contributed by atoms with E-state index in [4.69, 9.17) is 15.7 Å². The van der Waals surface area contributed by atoms with E-state index in [-0.39, 0.29) is 44.7 Å². The van der Waals surface area contributed by atoms with Gasteiger partial charge >= 0.3 is 11.9 Å². The number of hydrogen-bond donors (Lipinski definition) is 5. The van der Waals surface area contributed by atoms with Gasteiger partial charge in [-0.15, -0.1) is 33.3 Å². The molecule has 1 saturated heterocycles. The molecule has 2 aliphatic heterocycles. The maximum absolute atomic E-state index is 13.0. The third kappa shape index (κ3) is 4.75. The molecule has 2 amide bonds. The van der Waals surface area contributed by atoms with Crippen LogP contribution in [0.4, 0.5) is 5.13 Å². The number of fused-ring (bicyclic) bond motifs is 2. The number of aromatic carboxylic acids is 1. The number of anilines is 1. The van der Waals surface area contributed by atoms with Crippen LogP contribution in [0.1, 0.15) is 16.2 Å². The van der Waals surface area contributed by atoms with Crippen LogP contribution in [0.15, 0.2) is 33.0 Å². The molecule has 208 valence electrons. The van der Waals surface area contributed by atoms with Crippen molar-refractivity contribution in [3.05, 3.63) is 34.1 Å². The Hall–Kier alpha value is -4.43. The molecule has 5 rings (SSSR count). The van der Waals surface area contributed by atoms with Gasteiger partial charge in [-0.25, -0.2) is 24.0 Å². The number of carboxylic acids is 2. The van der Waals surface area contributed by atoms with Crippen molar-refractivity contribution in [3.8, 4) is 5.88 Å². The molecule has 6 N–H and O–H groups in total. The van der Waals surface area contributed by atoms with E-state index in [0.717, 1.165) is 38.5 Å². The molecule has 0 aromatic carbocycles. The first-order valence-electron chi connectivity index (χ1n) is 10.9. The van der Waals surface area contributed by atoms with Crippen LogP contribution in [0.25, 0.3) is 5.78 Å². The number of carboxylic acid groups (broad SMARTS) is 2. The number of nitrogens with zero attached hydrogens (tertiary/aromatic N) is 7. The minimum absolute atomic E-state index is 0.0545. The van der Waals surface area contributed by atoms with Gasteiger partial charge in [0.15, 0.2) is 21.7 Å². The number of amides is 2. The first-order valence-corrected chi connectivity index (χ1v) is 13.9. The number of rotatable bonds is 9. The van der Waals surface area contributed by atoms with Crippen LogP contribution in [0, 0.1) is 0 Å². The van der Waals surface area contributed by atoms with Crippen molar-refractivity contribution in [2.45, 2.75) is 16.6 Å². The summed E-state index contributed by atoms with van der Waals surface area (Å²) in [7, 11) is 1.24. The highest BCUT2D eigenvalue weighted by Gasteiger charge is 2.54. The van der Waals surface area contributed by atoms with Crippen LogP contribution >= 0.6 is 34.9 Å². The number of carbonyl (C=O) groups is 4. The van der Waals surface area contributed by atoms with Gasteiger partial charge in [0.1, 0.15) is 29.9 Å². The summed E-state index contributed by atoms with van der Waals surface area (Å²) in [6.07, 6.45) is 0. The zero-order valence-corrected chi connectivity index (χ0v) is 22.5. The maximum atomic E-state index is 13.0. The molecule has 0 aliphatic carbocycles. The van der Waals surface area contributed by atoms with Gasteiger partial charge in [0.25, 0.3) is 17.6 Å². The van der Waals surface area contributed by atoms with E-state index in [0.29, 0.717) is 5.57 Å². The predicted octanol–water partition coefficient (Wildman–Crippen LogP) is -0.552. The Morgan fingerprint density at radius 3 is 2.67 bits per heavy atom. The molecule has 0 unspecified atom stereocenters. The van der Waals surface area contributed by atoms with Crippen LogP contribution in [0.5, 0.6) is 5.88 Å². The number of nitrogen functional groups attached to an aromatic ring is 1. The molecule has 40 heavy (non-hydrogen) atoms. The molecule has 5 heterocycles. The van der Waals surface area contributed by atoms with Gasteiger partial charge in [-0.1, -0.05) is 16.9 Å².